The van der Waals surface area contributed by atoms with E-state index in [-0.39, 0.29) is 11.9 Å². The number of rotatable bonds is 4. The van der Waals surface area contributed by atoms with Gasteiger partial charge in [0.25, 0.3) is 5.91 Å². The number of nitrogens with zero attached hydrogens (tertiary/aromatic N) is 1. The molecule has 0 aromatic heterocycles. The van der Waals surface area contributed by atoms with Gasteiger partial charge in [-0.1, -0.05) is 6.07 Å². The summed E-state index contributed by atoms with van der Waals surface area (Å²) in [6.07, 6.45) is 1.73. The lowest BCUT2D eigenvalue weighted by Crippen LogP contribution is -2.45. The summed E-state index contributed by atoms with van der Waals surface area (Å²) < 4.78 is 18.1. The largest absolute Gasteiger partial charge is 0.467 e. The first-order valence-electron chi connectivity index (χ1n) is 6.62. The number of methoxy groups -OCH3 is 1. The summed E-state index contributed by atoms with van der Waals surface area (Å²) >= 11 is 0. The van der Waals surface area contributed by atoms with Gasteiger partial charge in [-0.05, 0) is 44.4 Å². The van der Waals surface area contributed by atoms with Gasteiger partial charge in [-0.15, -0.1) is 0 Å². The molecule has 1 aromatic rings. The van der Waals surface area contributed by atoms with E-state index in [9.17, 15) is 14.0 Å². The van der Waals surface area contributed by atoms with Crippen molar-refractivity contribution in [3.8, 4) is 0 Å². The van der Waals surface area contributed by atoms with Gasteiger partial charge in [0.05, 0.1) is 7.11 Å². The maximum absolute atomic E-state index is 13.4. The zero-order chi connectivity index (χ0) is 14.9. The van der Waals surface area contributed by atoms with Crippen LogP contribution in [0.25, 0.3) is 0 Å². The fourth-order valence-electron chi connectivity index (χ4n) is 2.26. The molecule has 1 fully saturated rings. The number of hydrogen-bond donors (Lipinski definition) is 0. The van der Waals surface area contributed by atoms with Gasteiger partial charge in [0.2, 0.25) is 0 Å². The second kappa shape index (κ2) is 5.61. The van der Waals surface area contributed by atoms with Gasteiger partial charge in [0.1, 0.15) is 11.9 Å². The molecule has 5 heteroatoms. The summed E-state index contributed by atoms with van der Waals surface area (Å²) in [5.74, 6) is -1.23. The van der Waals surface area contributed by atoms with Crippen LogP contribution in [0.1, 0.15) is 35.7 Å². The van der Waals surface area contributed by atoms with Gasteiger partial charge in [-0.25, -0.2) is 9.18 Å². The third kappa shape index (κ3) is 2.81. The number of ether oxygens (including phenoxy) is 1. The van der Waals surface area contributed by atoms with Gasteiger partial charge in [-0.2, -0.15) is 0 Å². The van der Waals surface area contributed by atoms with Crippen LogP contribution in [-0.4, -0.2) is 36.0 Å². The summed E-state index contributed by atoms with van der Waals surface area (Å²) in [5, 5.41) is 0. The summed E-state index contributed by atoms with van der Waals surface area (Å²) in [4.78, 5) is 25.8. The predicted molar refractivity (Wildman–Crippen MR) is 71.8 cm³/mol. The van der Waals surface area contributed by atoms with Crippen LogP contribution in [0.2, 0.25) is 0 Å². The number of halogens is 1. The monoisotopic (exact) mass is 279 g/mol. The molecule has 1 aliphatic rings. The number of hydrogen-bond acceptors (Lipinski definition) is 3. The fraction of sp³-hybridized carbons (Fsp3) is 0.467. The normalized spacial score (nSPS) is 15.6. The fourth-order valence-corrected chi connectivity index (χ4v) is 2.26. The molecule has 0 bridgehead atoms. The van der Waals surface area contributed by atoms with E-state index >= 15 is 0 Å². The summed E-state index contributed by atoms with van der Waals surface area (Å²) in [5.41, 5.74) is 0.992. The Morgan fingerprint density at radius 1 is 1.40 bits per heavy atom. The van der Waals surface area contributed by atoms with Crippen molar-refractivity contribution in [2.75, 3.05) is 7.11 Å². The van der Waals surface area contributed by atoms with Crippen molar-refractivity contribution in [1.29, 1.82) is 0 Å². The minimum Gasteiger partial charge on any atom is -0.467 e. The highest BCUT2D eigenvalue weighted by atomic mass is 19.1. The number of carbonyl (C=O) groups is 2. The third-order valence-corrected chi connectivity index (χ3v) is 3.56. The van der Waals surface area contributed by atoms with Crippen molar-refractivity contribution in [3.63, 3.8) is 0 Å². The standard InChI is InChI=1S/C15H18FNO3/c1-9-4-5-11(16)8-13(9)14(18)17(12-6-7-12)10(2)15(19)20-3/h4-5,8,10,12H,6-7H2,1-3H3/t10-/m1/s1. The molecule has 1 atom stereocenters. The molecule has 1 aliphatic carbocycles. The number of carbonyl (C=O) groups excluding carboxylic acids is 2. The van der Waals surface area contributed by atoms with Gasteiger partial charge >= 0.3 is 5.97 Å². The molecule has 1 saturated carbocycles. The van der Waals surface area contributed by atoms with Crippen LogP contribution in [0.4, 0.5) is 4.39 Å². The molecule has 1 aromatic carbocycles. The summed E-state index contributed by atoms with van der Waals surface area (Å²) in [7, 11) is 1.29. The average Bonchev–Trinajstić information content (AvgIpc) is 3.25. The van der Waals surface area contributed by atoms with Crippen molar-refractivity contribution < 1.29 is 18.7 Å². The van der Waals surface area contributed by atoms with Crippen LogP contribution >= 0.6 is 0 Å². The number of benzene rings is 1. The second-order valence-corrected chi connectivity index (χ2v) is 5.10. The Morgan fingerprint density at radius 3 is 2.60 bits per heavy atom. The van der Waals surface area contributed by atoms with E-state index in [4.69, 9.17) is 4.74 Å². The van der Waals surface area contributed by atoms with Crippen LogP contribution in [0.5, 0.6) is 0 Å². The molecule has 0 saturated heterocycles. The number of aryl methyl sites for hydroxylation is 1. The lowest BCUT2D eigenvalue weighted by Gasteiger charge is -2.28. The van der Waals surface area contributed by atoms with E-state index in [2.05, 4.69) is 0 Å². The number of esters is 1. The van der Waals surface area contributed by atoms with E-state index in [1.165, 1.54) is 24.1 Å². The predicted octanol–water partition coefficient (Wildman–Crippen LogP) is 2.30. The van der Waals surface area contributed by atoms with E-state index in [0.717, 1.165) is 12.8 Å². The van der Waals surface area contributed by atoms with Crippen LogP contribution in [-0.2, 0) is 9.53 Å². The molecule has 2 rings (SSSR count). The maximum atomic E-state index is 13.4. The van der Waals surface area contributed by atoms with Crippen molar-refractivity contribution >= 4 is 11.9 Å². The highest BCUT2D eigenvalue weighted by molar-refractivity contribution is 5.98. The Hall–Kier alpha value is -1.91. The van der Waals surface area contributed by atoms with Gasteiger partial charge in [0, 0.05) is 11.6 Å². The molecule has 0 aliphatic heterocycles. The number of amides is 1. The second-order valence-electron chi connectivity index (χ2n) is 5.10. The van der Waals surface area contributed by atoms with Crippen molar-refractivity contribution in [1.82, 2.24) is 4.90 Å². The van der Waals surface area contributed by atoms with Crippen LogP contribution in [0, 0.1) is 12.7 Å². The first-order chi connectivity index (χ1) is 9.45. The zero-order valence-electron chi connectivity index (χ0n) is 11.9. The molecule has 0 heterocycles. The molecule has 0 radical (unpaired) electrons. The van der Waals surface area contributed by atoms with Crippen molar-refractivity contribution in [2.45, 2.75) is 38.8 Å². The van der Waals surface area contributed by atoms with Crippen molar-refractivity contribution in [3.05, 3.63) is 35.1 Å². The molecule has 20 heavy (non-hydrogen) atoms. The maximum Gasteiger partial charge on any atom is 0.328 e. The molecule has 0 N–H and O–H groups in total. The molecule has 1 amide bonds. The third-order valence-electron chi connectivity index (χ3n) is 3.56. The zero-order valence-corrected chi connectivity index (χ0v) is 11.9. The minimum absolute atomic E-state index is 0.0410. The Balaban J connectivity index is 2.32. The molecule has 0 unspecified atom stereocenters. The van der Waals surface area contributed by atoms with Gasteiger partial charge in [-0.3, -0.25) is 4.79 Å². The Morgan fingerprint density at radius 2 is 2.05 bits per heavy atom. The first-order valence-corrected chi connectivity index (χ1v) is 6.62. The van der Waals surface area contributed by atoms with Gasteiger partial charge < -0.3 is 9.64 Å². The van der Waals surface area contributed by atoms with E-state index in [1.54, 1.807) is 19.9 Å². The topological polar surface area (TPSA) is 46.6 Å². The van der Waals surface area contributed by atoms with Crippen LogP contribution in [0.3, 0.4) is 0 Å². The minimum atomic E-state index is -0.664. The summed E-state index contributed by atoms with van der Waals surface area (Å²) in [6, 6.07) is 3.48. The van der Waals surface area contributed by atoms with E-state index in [1.807, 2.05) is 0 Å². The quantitative estimate of drug-likeness (QED) is 0.794. The average molecular weight is 279 g/mol. The van der Waals surface area contributed by atoms with E-state index < -0.39 is 17.8 Å². The van der Waals surface area contributed by atoms with Crippen molar-refractivity contribution in [2.24, 2.45) is 0 Å². The first kappa shape index (κ1) is 14.5. The highest BCUT2D eigenvalue weighted by Crippen LogP contribution is 2.31. The Labute approximate surface area is 117 Å². The van der Waals surface area contributed by atoms with Crippen LogP contribution < -0.4 is 0 Å². The summed E-state index contributed by atoms with van der Waals surface area (Å²) in [6.45, 7) is 3.39. The molecule has 0 spiro atoms. The SMILES string of the molecule is COC(=O)[C@@H](C)N(C(=O)c1cc(F)ccc1C)C1CC1. The van der Waals surface area contributed by atoms with Gasteiger partial charge in [0.15, 0.2) is 0 Å². The lowest BCUT2D eigenvalue weighted by molar-refractivity contribution is -0.145. The highest BCUT2D eigenvalue weighted by Gasteiger charge is 2.39. The molecular weight excluding hydrogens is 261 g/mol. The van der Waals surface area contributed by atoms with E-state index in [0.29, 0.717) is 11.1 Å². The lowest BCUT2D eigenvalue weighted by atomic mass is 10.1. The van der Waals surface area contributed by atoms with Crippen LogP contribution in [0.15, 0.2) is 18.2 Å². The smallest absolute Gasteiger partial charge is 0.328 e. The Bertz CT molecular complexity index is 540. The molecular formula is C15H18FNO3. The Kier molecular flexibility index (Phi) is 4.06. The molecule has 108 valence electrons. The molecule has 4 nitrogen and oxygen atoms in total.